The number of aryl methyl sites for hydroxylation is 1. The van der Waals surface area contributed by atoms with Crippen LogP contribution in [0.15, 0.2) is 23.0 Å². The molecule has 0 spiro atoms. The first-order chi connectivity index (χ1) is 9.22. The summed E-state index contributed by atoms with van der Waals surface area (Å²) in [6.07, 6.45) is 7.08. The van der Waals surface area contributed by atoms with Gasteiger partial charge in [-0.1, -0.05) is 25.4 Å². The number of nitrogens with zero attached hydrogens (tertiary/aromatic N) is 3. The minimum Gasteiger partial charge on any atom is -0.388 e. The summed E-state index contributed by atoms with van der Waals surface area (Å²) in [6.45, 7) is 4.70. The molecule has 0 saturated heterocycles. The molecule has 1 N–H and O–H groups in total. The van der Waals surface area contributed by atoms with Crippen molar-refractivity contribution in [2.24, 2.45) is 0 Å². The lowest BCUT2D eigenvalue weighted by molar-refractivity contribution is 0.166. The maximum absolute atomic E-state index is 9.91. The Morgan fingerprint density at radius 1 is 1.37 bits per heavy atom. The average molecular weight is 263 g/mol. The van der Waals surface area contributed by atoms with Crippen molar-refractivity contribution in [1.82, 2.24) is 14.7 Å². The van der Waals surface area contributed by atoms with E-state index >= 15 is 0 Å². The van der Waals surface area contributed by atoms with Gasteiger partial charge in [-0.05, 0) is 24.5 Å². The lowest BCUT2D eigenvalue weighted by atomic mass is 10.1. The van der Waals surface area contributed by atoms with E-state index in [0.717, 1.165) is 37.1 Å². The highest BCUT2D eigenvalue weighted by atomic mass is 16.5. The predicted octanol–water partition coefficient (Wildman–Crippen LogP) is 2.71. The van der Waals surface area contributed by atoms with Crippen molar-refractivity contribution in [2.75, 3.05) is 0 Å². The van der Waals surface area contributed by atoms with Crippen LogP contribution in [0.1, 0.15) is 56.5 Å². The second-order valence-corrected chi connectivity index (χ2v) is 4.78. The first-order valence-corrected chi connectivity index (χ1v) is 6.88. The standard InChI is InChI=1S/C14H21N3O2/c1-3-5-12(18)11-7-8-17(9-11)10-14-15-13(6-4-2)16-19-14/h7-9,12,18H,3-6,10H2,1-2H3. The number of hydrogen-bond acceptors (Lipinski definition) is 4. The quantitative estimate of drug-likeness (QED) is 0.834. The predicted molar refractivity (Wildman–Crippen MR) is 71.7 cm³/mol. The SMILES string of the molecule is CCCc1noc(Cn2ccc(C(O)CCC)c2)n1. The van der Waals surface area contributed by atoms with Crippen LogP contribution in [0.4, 0.5) is 0 Å². The zero-order valence-corrected chi connectivity index (χ0v) is 11.5. The molecule has 1 unspecified atom stereocenters. The van der Waals surface area contributed by atoms with Crippen LogP contribution in [0.2, 0.25) is 0 Å². The van der Waals surface area contributed by atoms with Gasteiger partial charge in [-0.15, -0.1) is 0 Å². The summed E-state index contributed by atoms with van der Waals surface area (Å²) in [5, 5.41) is 13.8. The summed E-state index contributed by atoms with van der Waals surface area (Å²) in [6, 6.07) is 1.93. The normalized spacial score (nSPS) is 12.8. The van der Waals surface area contributed by atoms with Gasteiger partial charge in [0.15, 0.2) is 5.82 Å². The van der Waals surface area contributed by atoms with Crippen LogP contribution < -0.4 is 0 Å². The van der Waals surface area contributed by atoms with Crippen LogP contribution in [0.3, 0.4) is 0 Å². The van der Waals surface area contributed by atoms with Crippen LogP contribution in [0, 0.1) is 0 Å². The minimum absolute atomic E-state index is 0.385. The Hall–Kier alpha value is -1.62. The third kappa shape index (κ3) is 3.67. The van der Waals surface area contributed by atoms with Crippen LogP contribution in [-0.4, -0.2) is 19.8 Å². The first-order valence-electron chi connectivity index (χ1n) is 6.88. The molecule has 2 heterocycles. The molecule has 0 bridgehead atoms. The maximum Gasteiger partial charge on any atom is 0.246 e. The van der Waals surface area contributed by atoms with E-state index in [1.165, 1.54) is 0 Å². The van der Waals surface area contributed by atoms with Crippen LogP contribution in [-0.2, 0) is 13.0 Å². The highest BCUT2D eigenvalue weighted by Crippen LogP contribution is 2.18. The van der Waals surface area contributed by atoms with Crippen LogP contribution >= 0.6 is 0 Å². The van der Waals surface area contributed by atoms with Gasteiger partial charge >= 0.3 is 0 Å². The van der Waals surface area contributed by atoms with E-state index in [2.05, 4.69) is 24.0 Å². The zero-order valence-electron chi connectivity index (χ0n) is 11.5. The van der Waals surface area contributed by atoms with Gasteiger partial charge in [0.2, 0.25) is 5.89 Å². The van der Waals surface area contributed by atoms with E-state index in [1.807, 2.05) is 23.0 Å². The fourth-order valence-electron chi connectivity index (χ4n) is 2.03. The van der Waals surface area contributed by atoms with Gasteiger partial charge in [-0.25, -0.2) is 0 Å². The molecule has 0 radical (unpaired) electrons. The number of aromatic nitrogens is 3. The van der Waals surface area contributed by atoms with E-state index in [-0.39, 0.29) is 6.10 Å². The van der Waals surface area contributed by atoms with Crippen molar-refractivity contribution in [1.29, 1.82) is 0 Å². The molecule has 5 heteroatoms. The van der Waals surface area contributed by atoms with Gasteiger partial charge in [-0.3, -0.25) is 0 Å². The molecule has 0 saturated carbocycles. The number of rotatable bonds is 7. The molecule has 0 aliphatic rings. The van der Waals surface area contributed by atoms with Crippen LogP contribution in [0.25, 0.3) is 0 Å². The number of aliphatic hydroxyl groups excluding tert-OH is 1. The van der Waals surface area contributed by atoms with E-state index < -0.39 is 0 Å². The molecule has 2 aromatic rings. The summed E-state index contributed by atoms with van der Waals surface area (Å²) in [7, 11) is 0. The lowest BCUT2D eigenvalue weighted by Gasteiger charge is -2.05. The molecule has 2 rings (SSSR count). The van der Waals surface area contributed by atoms with Gasteiger partial charge in [0, 0.05) is 18.8 Å². The molecular weight excluding hydrogens is 242 g/mol. The van der Waals surface area contributed by atoms with E-state index in [1.54, 1.807) is 0 Å². The summed E-state index contributed by atoms with van der Waals surface area (Å²) in [5.74, 6) is 1.37. The molecule has 1 atom stereocenters. The highest BCUT2D eigenvalue weighted by Gasteiger charge is 2.10. The van der Waals surface area contributed by atoms with Crippen molar-refractivity contribution >= 4 is 0 Å². The topological polar surface area (TPSA) is 64.1 Å². The van der Waals surface area contributed by atoms with Crippen molar-refractivity contribution < 1.29 is 9.63 Å². The van der Waals surface area contributed by atoms with Gasteiger partial charge in [0.05, 0.1) is 6.10 Å². The Balaban J connectivity index is 1.98. The average Bonchev–Trinajstić information content (AvgIpc) is 3.00. The Bertz CT molecular complexity index is 504. The summed E-state index contributed by atoms with van der Waals surface area (Å²) in [5.41, 5.74) is 0.940. The zero-order chi connectivity index (χ0) is 13.7. The fourth-order valence-corrected chi connectivity index (χ4v) is 2.03. The molecule has 2 aromatic heterocycles. The maximum atomic E-state index is 9.91. The highest BCUT2D eigenvalue weighted by molar-refractivity contribution is 5.14. The molecule has 0 aliphatic heterocycles. The van der Waals surface area contributed by atoms with Gasteiger partial charge in [0.25, 0.3) is 0 Å². The third-order valence-corrected chi connectivity index (χ3v) is 3.02. The smallest absolute Gasteiger partial charge is 0.246 e. The second-order valence-electron chi connectivity index (χ2n) is 4.78. The molecule has 5 nitrogen and oxygen atoms in total. The van der Waals surface area contributed by atoms with Crippen molar-refractivity contribution in [3.8, 4) is 0 Å². The van der Waals surface area contributed by atoms with Gasteiger partial charge in [0.1, 0.15) is 6.54 Å². The van der Waals surface area contributed by atoms with E-state index in [4.69, 9.17) is 4.52 Å². The molecule has 0 fully saturated rings. The summed E-state index contributed by atoms with van der Waals surface area (Å²) >= 11 is 0. The Labute approximate surface area is 113 Å². The van der Waals surface area contributed by atoms with E-state index in [0.29, 0.717) is 12.4 Å². The van der Waals surface area contributed by atoms with Crippen LogP contribution in [0.5, 0.6) is 0 Å². The van der Waals surface area contributed by atoms with Gasteiger partial charge in [-0.2, -0.15) is 4.98 Å². The lowest BCUT2D eigenvalue weighted by Crippen LogP contribution is -1.99. The van der Waals surface area contributed by atoms with Crippen molar-refractivity contribution in [3.63, 3.8) is 0 Å². The third-order valence-electron chi connectivity index (χ3n) is 3.02. The monoisotopic (exact) mass is 263 g/mol. The Kier molecular flexibility index (Phi) is 4.74. The molecular formula is C14H21N3O2. The Morgan fingerprint density at radius 2 is 2.21 bits per heavy atom. The Morgan fingerprint density at radius 3 is 2.95 bits per heavy atom. The summed E-state index contributed by atoms with van der Waals surface area (Å²) < 4.78 is 7.15. The van der Waals surface area contributed by atoms with Crippen molar-refractivity contribution in [2.45, 2.75) is 52.2 Å². The largest absolute Gasteiger partial charge is 0.388 e. The minimum atomic E-state index is -0.385. The van der Waals surface area contributed by atoms with Gasteiger partial charge < -0.3 is 14.2 Å². The van der Waals surface area contributed by atoms with Crippen molar-refractivity contribution in [3.05, 3.63) is 35.7 Å². The number of aliphatic hydroxyl groups is 1. The molecule has 0 amide bonds. The molecule has 0 aliphatic carbocycles. The molecule has 0 aromatic carbocycles. The molecule has 19 heavy (non-hydrogen) atoms. The summed E-state index contributed by atoms with van der Waals surface area (Å²) in [4.78, 5) is 4.32. The molecule has 104 valence electrons. The number of hydrogen-bond donors (Lipinski definition) is 1. The van der Waals surface area contributed by atoms with E-state index in [9.17, 15) is 5.11 Å². The second kappa shape index (κ2) is 6.52. The first kappa shape index (κ1) is 13.8. The fraction of sp³-hybridized carbons (Fsp3) is 0.571.